The lowest BCUT2D eigenvalue weighted by Crippen LogP contribution is -2.56. The van der Waals surface area contributed by atoms with Crippen molar-refractivity contribution in [2.45, 2.75) is 19.8 Å². The highest BCUT2D eigenvalue weighted by atomic mass is 16.2. The van der Waals surface area contributed by atoms with Gasteiger partial charge >= 0.3 is 0 Å². The zero-order valence-corrected chi connectivity index (χ0v) is 14.0. The molecule has 1 aliphatic rings. The van der Waals surface area contributed by atoms with E-state index in [1.165, 1.54) is 24.3 Å². The molecule has 0 saturated carbocycles. The molecule has 2 aromatic rings. The van der Waals surface area contributed by atoms with Gasteiger partial charge in [0, 0.05) is 0 Å². The molecule has 7 heteroatoms. The van der Waals surface area contributed by atoms with Crippen molar-refractivity contribution in [2.75, 3.05) is 4.90 Å². The van der Waals surface area contributed by atoms with Crippen LogP contribution in [-0.4, -0.2) is 24.0 Å². The van der Waals surface area contributed by atoms with Crippen LogP contribution in [0.4, 0.5) is 17.1 Å². The molecule has 0 unspecified atom stereocenters. The summed E-state index contributed by atoms with van der Waals surface area (Å²) in [6.45, 7) is 3.52. The lowest BCUT2D eigenvalue weighted by molar-refractivity contribution is -0.139. The highest BCUT2D eigenvalue weighted by Gasteiger charge is 2.48. The molecular weight excluding hydrogens is 334 g/mol. The number of isocyanates is 2. The van der Waals surface area contributed by atoms with Crippen LogP contribution in [0.3, 0.4) is 0 Å². The second-order valence-electron chi connectivity index (χ2n) is 5.87. The first-order valence-electron chi connectivity index (χ1n) is 7.72. The molecule has 0 spiro atoms. The molecule has 128 valence electrons. The van der Waals surface area contributed by atoms with Gasteiger partial charge in [0.05, 0.1) is 17.1 Å². The van der Waals surface area contributed by atoms with E-state index in [0.29, 0.717) is 22.6 Å². The third-order valence-corrected chi connectivity index (χ3v) is 4.28. The van der Waals surface area contributed by atoms with Crippen LogP contribution in [-0.2, 0) is 19.2 Å². The van der Waals surface area contributed by atoms with Gasteiger partial charge in [0.1, 0.15) is 5.92 Å². The number of hydrogen-bond donors (Lipinski definition) is 0. The number of imide groups is 1. The van der Waals surface area contributed by atoms with E-state index in [-0.39, 0.29) is 0 Å². The van der Waals surface area contributed by atoms with Crippen LogP contribution in [0.5, 0.6) is 0 Å². The van der Waals surface area contributed by atoms with Gasteiger partial charge in [-0.15, -0.1) is 0 Å². The topological polar surface area (TPSA) is 96.2 Å². The molecule has 7 nitrogen and oxygen atoms in total. The van der Waals surface area contributed by atoms with Crippen LogP contribution >= 0.6 is 0 Å². The molecule has 0 N–H and O–H groups in total. The number of aryl methyl sites for hydroxylation is 2. The number of carbonyl (C=O) groups is 2. The number of benzene rings is 2. The number of carbonyl (C=O) groups excluding carboxylic acids is 4. The maximum atomic E-state index is 12.6. The normalized spacial score (nSPS) is 13.7. The summed E-state index contributed by atoms with van der Waals surface area (Å²) >= 11 is 0. The summed E-state index contributed by atoms with van der Waals surface area (Å²) in [7, 11) is 0. The maximum Gasteiger partial charge on any atom is 0.250 e. The summed E-state index contributed by atoms with van der Waals surface area (Å²) in [6, 6.07) is 9.66. The molecule has 1 aliphatic heterocycles. The Morgan fingerprint density at radius 3 is 1.96 bits per heavy atom. The third-order valence-electron chi connectivity index (χ3n) is 4.28. The number of rotatable bonds is 4. The van der Waals surface area contributed by atoms with E-state index in [0.717, 1.165) is 16.0 Å². The Morgan fingerprint density at radius 2 is 1.38 bits per heavy atom. The molecule has 0 atom stereocenters. The number of β-lactam (4-membered cyclic amide) rings is 2. The highest BCUT2D eigenvalue weighted by Crippen LogP contribution is 2.38. The first-order valence-corrected chi connectivity index (χ1v) is 7.72. The number of nitrogens with zero attached hydrogens (tertiary/aromatic N) is 3. The van der Waals surface area contributed by atoms with Gasteiger partial charge in [-0.05, 0) is 48.7 Å². The fourth-order valence-corrected chi connectivity index (χ4v) is 2.83. The number of aliphatic imine (C=N–C) groups is 2. The zero-order chi connectivity index (χ0) is 18.8. The van der Waals surface area contributed by atoms with Gasteiger partial charge in [0.15, 0.2) is 0 Å². The largest absolute Gasteiger partial charge is 0.273 e. The van der Waals surface area contributed by atoms with Gasteiger partial charge in [-0.25, -0.2) is 14.5 Å². The second kappa shape index (κ2) is 6.69. The fraction of sp³-hybridized carbons (Fsp3) is 0.158. The third kappa shape index (κ3) is 2.78. The van der Waals surface area contributed by atoms with Crippen molar-refractivity contribution >= 4 is 41.0 Å². The summed E-state index contributed by atoms with van der Waals surface area (Å²) < 4.78 is 0. The second-order valence-corrected chi connectivity index (χ2v) is 5.87. The molecule has 0 aliphatic carbocycles. The molecule has 1 fully saturated rings. The van der Waals surface area contributed by atoms with Gasteiger partial charge in [-0.1, -0.05) is 18.2 Å². The molecule has 3 rings (SSSR count). The van der Waals surface area contributed by atoms with Crippen LogP contribution in [0, 0.1) is 13.8 Å². The average Bonchev–Trinajstić information content (AvgIpc) is 2.61. The van der Waals surface area contributed by atoms with E-state index in [9.17, 15) is 19.2 Å². The minimum Gasteiger partial charge on any atom is -0.273 e. The summed E-state index contributed by atoms with van der Waals surface area (Å²) in [5, 5.41) is 0. The smallest absolute Gasteiger partial charge is 0.250 e. The van der Waals surface area contributed by atoms with Crippen LogP contribution in [0.25, 0.3) is 0 Å². The van der Waals surface area contributed by atoms with E-state index >= 15 is 0 Å². The zero-order valence-electron chi connectivity index (χ0n) is 14.0. The van der Waals surface area contributed by atoms with Crippen molar-refractivity contribution in [3.8, 4) is 0 Å². The van der Waals surface area contributed by atoms with Crippen molar-refractivity contribution in [1.82, 2.24) is 0 Å². The lowest BCUT2D eigenvalue weighted by atomic mass is 9.87. The quantitative estimate of drug-likeness (QED) is 0.368. The molecular formula is C19H13N3O4. The number of anilines is 1. The molecule has 1 saturated heterocycles. The highest BCUT2D eigenvalue weighted by molar-refractivity contribution is 6.36. The molecule has 2 amide bonds. The van der Waals surface area contributed by atoms with Gasteiger partial charge in [-0.3, -0.25) is 9.59 Å². The van der Waals surface area contributed by atoms with Crippen LogP contribution < -0.4 is 4.90 Å². The van der Waals surface area contributed by atoms with Gasteiger partial charge < -0.3 is 0 Å². The number of amides is 2. The average molecular weight is 347 g/mol. The Labute approximate surface area is 148 Å². The van der Waals surface area contributed by atoms with Crippen molar-refractivity contribution < 1.29 is 19.2 Å². The minimum absolute atomic E-state index is 0.342. The van der Waals surface area contributed by atoms with E-state index in [1.54, 1.807) is 38.1 Å². The van der Waals surface area contributed by atoms with Crippen LogP contribution in [0.2, 0.25) is 0 Å². The Morgan fingerprint density at radius 1 is 0.846 bits per heavy atom. The Kier molecular flexibility index (Phi) is 4.42. The first kappa shape index (κ1) is 17.2. The Hall–Kier alpha value is -3.66. The van der Waals surface area contributed by atoms with E-state index in [2.05, 4.69) is 9.98 Å². The first-order chi connectivity index (χ1) is 12.5. The van der Waals surface area contributed by atoms with Gasteiger partial charge in [-0.2, -0.15) is 9.98 Å². The fourth-order valence-electron chi connectivity index (χ4n) is 2.83. The van der Waals surface area contributed by atoms with E-state index in [4.69, 9.17) is 0 Å². The van der Waals surface area contributed by atoms with E-state index in [1.807, 2.05) is 0 Å². The molecule has 0 aromatic heterocycles. The van der Waals surface area contributed by atoms with Crippen LogP contribution in [0.15, 0.2) is 46.4 Å². The molecule has 1 heterocycles. The Bertz CT molecular complexity index is 936. The van der Waals surface area contributed by atoms with Crippen molar-refractivity contribution in [3.05, 3.63) is 53.1 Å². The lowest BCUT2D eigenvalue weighted by Gasteiger charge is -2.36. The maximum absolute atomic E-state index is 12.6. The van der Waals surface area contributed by atoms with Crippen molar-refractivity contribution in [2.24, 2.45) is 9.98 Å². The SMILES string of the molecule is Cc1ccc(C2C(=O)N(c3ccc(C)c(N=C=O)c3)C2=O)cc1N=C=O. The predicted octanol–water partition coefficient (Wildman–Crippen LogP) is 2.90. The molecule has 26 heavy (non-hydrogen) atoms. The molecule has 0 radical (unpaired) electrons. The summed E-state index contributed by atoms with van der Waals surface area (Å²) in [4.78, 5) is 54.3. The summed E-state index contributed by atoms with van der Waals surface area (Å²) in [6.07, 6.45) is 2.91. The van der Waals surface area contributed by atoms with Crippen molar-refractivity contribution in [3.63, 3.8) is 0 Å². The molecule has 2 aromatic carbocycles. The predicted molar refractivity (Wildman–Crippen MR) is 93.2 cm³/mol. The van der Waals surface area contributed by atoms with E-state index < -0.39 is 17.7 Å². The monoisotopic (exact) mass is 347 g/mol. The molecule has 0 bridgehead atoms. The van der Waals surface area contributed by atoms with Crippen LogP contribution in [0.1, 0.15) is 22.6 Å². The van der Waals surface area contributed by atoms with Gasteiger partial charge in [0.2, 0.25) is 12.2 Å². The minimum atomic E-state index is -0.949. The standard InChI is InChI=1S/C19H13N3O4/c1-11-3-5-13(7-15(11)20-9-23)17-18(25)22(19(17)26)14-6-4-12(2)16(8-14)21-10-24/h3-8,17H,1-2H3. The Balaban J connectivity index is 1.94. The van der Waals surface area contributed by atoms with Gasteiger partial charge in [0.25, 0.3) is 11.8 Å². The van der Waals surface area contributed by atoms with Crippen molar-refractivity contribution in [1.29, 1.82) is 0 Å². The summed E-state index contributed by atoms with van der Waals surface area (Å²) in [5.41, 5.74) is 2.99. The summed E-state index contributed by atoms with van der Waals surface area (Å²) in [5.74, 6) is -1.75. The number of hydrogen-bond acceptors (Lipinski definition) is 6.